The quantitative estimate of drug-likeness (QED) is 0.486. The van der Waals surface area contributed by atoms with Crippen LogP contribution >= 0.6 is 0 Å². The van der Waals surface area contributed by atoms with Crippen LogP contribution in [0.15, 0.2) is 0 Å². The van der Waals surface area contributed by atoms with Crippen molar-refractivity contribution >= 4 is 0 Å². The monoisotopic (exact) mass is 99.1 g/mol. The van der Waals surface area contributed by atoms with Gasteiger partial charge < -0.3 is 0 Å². The van der Waals surface area contributed by atoms with Crippen LogP contribution < -0.4 is 10.6 Å². The third kappa shape index (κ3) is 1.14. The van der Waals surface area contributed by atoms with Crippen LogP contribution in [0, 0.1) is 6.67 Å². The van der Waals surface area contributed by atoms with E-state index < -0.39 is 0 Å². The van der Waals surface area contributed by atoms with Gasteiger partial charge in [0.25, 0.3) is 0 Å². The predicted octanol–water partition coefficient (Wildman–Crippen LogP) is 0.0771. The maximum atomic E-state index is 3.17. The molecule has 0 aromatic rings. The second kappa shape index (κ2) is 2.28. The number of hydrogen-bond acceptors (Lipinski definition) is 2. The van der Waals surface area contributed by atoms with Gasteiger partial charge in [-0.05, 0) is 6.42 Å². The summed E-state index contributed by atoms with van der Waals surface area (Å²) in [6.07, 6.45) is 1.21. The van der Waals surface area contributed by atoms with Gasteiger partial charge in [-0.1, -0.05) is 6.92 Å². The molecule has 2 nitrogen and oxygen atoms in total. The van der Waals surface area contributed by atoms with E-state index in [1.54, 1.807) is 0 Å². The molecule has 1 heterocycles. The topological polar surface area (TPSA) is 24.1 Å². The highest BCUT2D eigenvalue weighted by atomic mass is 15.2. The van der Waals surface area contributed by atoms with E-state index >= 15 is 0 Å². The smallest absolute Gasteiger partial charge is 0.0869 e. The molecule has 41 valence electrons. The SMILES string of the molecule is CCC1CN[CH]N1. The normalized spacial score (nSPS) is 31.3. The van der Waals surface area contributed by atoms with Crippen molar-refractivity contribution < 1.29 is 0 Å². The van der Waals surface area contributed by atoms with Gasteiger partial charge in [-0.15, -0.1) is 0 Å². The van der Waals surface area contributed by atoms with Crippen LogP contribution in [0.5, 0.6) is 0 Å². The summed E-state index contributed by atoms with van der Waals surface area (Å²) in [5.41, 5.74) is 0. The average molecular weight is 99.2 g/mol. The molecule has 1 rings (SSSR count). The zero-order chi connectivity index (χ0) is 5.11. The number of nitrogens with one attached hydrogen (secondary N) is 2. The summed E-state index contributed by atoms with van der Waals surface area (Å²) >= 11 is 0. The minimum absolute atomic E-state index is 0.681. The lowest BCUT2D eigenvalue weighted by Crippen LogP contribution is -2.20. The van der Waals surface area contributed by atoms with Gasteiger partial charge in [0.05, 0.1) is 6.67 Å². The Kier molecular flexibility index (Phi) is 1.65. The molecule has 0 spiro atoms. The summed E-state index contributed by atoms with van der Waals surface area (Å²) in [7, 11) is 0. The van der Waals surface area contributed by atoms with Gasteiger partial charge in [-0.3, -0.25) is 10.6 Å². The molecule has 0 aromatic heterocycles. The minimum atomic E-state index is 0.681. The van der Waals surface area contributed by atoms with Crippen LogP contribution in [-0.2, 0) is 0 Å². The Balaban J connectivity index is 2.14. The van der Waals surface area contributed by atoms with E-state index in [2.05, 4.69) is 17.6 Å². The van der Waals surface area contributed by atoms with E-state index in [4.69, 9.17) is 0 Å². The summed E-state index contributed by atoms with van der Waals surface area (Å²) in [5.74, 6) is 0. The lowest BCUT2D eigenvalue weighted by molar-refractivity contribution is 0.626. The Hall–Kier alpha value is -0.0800. The Labute approximate surface area is 44.3 Å². The Morgan fingerprint density at radius 1 is 1.86 bits per heavy atom. The first-order valence-corrected chi connectivity index (χ1v) is 2.74. The summed E-state index contributed by atoms with van der Waals surface area (Å²) in [4.78, 5) is 0. The van der Waals surface area contributed by atoms with Crippen molar-refractivity contribution in [3.05, 3.63) is 6.67 Å². The Morgan fingerprint density at radius 3 is 3.00 bits per heavy atom. The van der Waals surface area contributed by atoms with Crippen molar-refractivity contribution in [2.75, 3.05) is 6.54 Å². The van der Waals surface area contributed by atoms with E-state index in [-0.39, 0.29) is 0 Å². The van der Waals surface area contributed by atoms with Gasteiger partial charge in [-0.25, -0.2) is 0 Å². The maximum Gasteiger partial charge on any atom is 0.0869 e. The van der Waals surface area contributed by atoms with E-state index in [9.17, 15) is 0 Å². The van der Waals surface area contributed by atoms with E-state index in [1.807, 2.05) is 6.67 Å². The van der Waals surface area contributed by atoms with Crippen LogP contribution in [0.25, 0.3) is 0 Å². The molecule has 0 aliphatic carbocycles. The molecule has 1 atom stereocenters. The van der Waals surface area contributed by atoms with Gasteiger partial charge >= 0.3 is 0 Å². The van der Waals surface area contributed by atoms with Crippen LogP contribution in [0.3, 0.4) is 0 Å². The summed E-state index contributed by atoms with van der Waals surface area (Å²) in [5, 5.41) is 6.26. The fourth-order valence-corrected chi connectivity index (χ4v) is 0.699. The zero-order valence-corrected chi connectivity index (χ0v) is 4.57. The third-order valence-electron chi connectivity index (χ3n) is 1.28. The van der Waals surface area contributed by atoms with Crippen LogP contribution in [-0.4, -0.2) is 12.6 Å². The molecule has 1 saturated heterocycles. The van der Waals surface area contributed by atoms with Crippen molar-refractivity contribution in [2.24, 2.45) is 0 Å². The van der Waals surface area contributed by atoms with Gasteiger partial charge in [0.1, 0.15) is 0 Å². The first-order valence-electron chi connectivity index (χ1n) is 2.74. The Bertz CT molecular complexity index is 48.0. The third-order valence-corrected chi connectivity index (χ3v) is 1.28. The Morgan fingerprint density at radius 2 is 2.71 bits per heavy atom. The molecule has 2 N–H and O–H groups in total. The molecule has 0 amide bonds. The van der Waals surface area contributed by atoms with E-state index in [0.717, 1.165) is 6.54 Å². The molecule has 2 heteroatoms. The molecule has 1 aliphatic heterocycles. The zero-order valence-electron chi connectivity index (χ0n) is 4.57. The van der Waals surface area contributed by atoms with E-state index in [0.29, 0.717) is 6.04 Å². The molecule has 1 unspecified atom stereocenters. The van der Waals surface area contributed by atoms with Crippen LogP contribution in [0.1, 0.15) is 13.3 Å². The maximum absolute atomic E-state index is 3.17. The minimum Gasteiger partial charge on any atom is -0.298 e. The molecule has 1 radical (unpaired) electrons. The van der Waals surface area contributed by atoms with Crippen molar-refractivity contribution in [2.45, 2.75) is 19.4 Å². The molecule has 7 heavy (non-hydrogen) atoms. The molecule has 0 bridgehead atoms. The lowest BCUT2D eigenvalue weighted by Gasteiger charge is -2.00. The van der Waals surface area contributed by atoms with Gasteiger partial charge in [0, 0.05) is 12.6 Å². The first-order chi connectivity index (χ1) is 3.43. The lowest BCUT2D eigenvalue weighted by atomic mass is 10.2. The highest BCUT2D eigenvalue weighted by molar-refractivity contribution is 4.80. The fraction of sp³-hybridized carbons (Fsp3) is 0.800. The molecule has 0 aromatic carbocycles. The second-order valence-corrected chi connectivity index (χ2v) is 1.82. The highest BCUT2D eigenvalue weighted by Crippen LogP contribution is 1.93. The molecular formula is C5H11N2. The van der Waals surface area contributed by atoms with Crippen molar-refractivity contribution in [3.8, 4) is 0 Å². The first kappa shape index (κ1) is 5.06. The van der Waals surface area contributed by atoms with Crippen molar-refractivity contribution in [1.29, 1.82) is 0 Å². The van der Waals surface area contributed by atoms with Crippen LogP contribution in [0.2, 0.25) is 0 Å². The standard InChI is InChI=1S/C5H11N2/c1-2-5-3-6-4-7-5/h4-7H,2-3H2,1H3. The number of hydrogen-bond donors (Lipinski definition) is 2. The molecule has 0 saturated carbocycles. The highest BCUT2D eigenvalue weighted by Gasteiger charge is 2.09. The van der Waals surface area contributed by atoms with Gasteiger partial charge in [-0.2, -0.15) is 0 Å². The van der Waals surface area contributed by atoms with Gasteiger partial charge in [0.15, 0.2) is 0 Å². The summed E-state index contributed by atoms with van der Waals surface area (Å²) in [6, 6.07) is 0.681. The fourth-order valence-electron chi connectivity index (χ4n) is 0.699. The largest absolute Gasteiger partial charge is 0.298 e. The predicted molar refractivity (Wildman–Crippen MR) is 29.5 cm³/mol. The van der Waals surface area contributed by atoms with Crippen LogP contribution in [0.4, 0.5) is 0 Å². The average Bonchev–Trinajstić information content (AvgIpc) is 2.14. The molecular weight excluding hydrogens is 88.1 g/mol. The summed E-state index contributed by atoms with van der Waals surface area (Å²) < 4.78 is 0. The van der Waals surface area contributed by atoms with E-state index in [1.165, 1.54) is 6.42 Å². The second-order valence-electron chi connectivity index (χ2n) is 1.82. The number of rotatable bonds is 1. The molecule has 1 fully saturated rings. The summed E-state index contributed by atoms with van der Waals surface area (Å²) in [6.45, 7) is 5.18. The van der Waals surface area contributed by atoms with Gasteiger partial charge in [0.2, 0.25) is 0 Å². The molecule has 1 aliphatic rings. The van der Waals surface area contributed by atoms with Crippen molar-refractivity contribution in [3.63, 3.8) is 0 Å². The van der Waals surface area contributed by atoms with Crippen molar-refractivity contribution in [1.82, 2.24) is 10.6 Å².